The Labute approximate surface area is 183 Å². The molecule has 1 aliphatic heterocycles. The molecule has 0 spiro atoms. The number of hydrogen-bond acceptors (Lipinski definition) is 4. The standard InChI is InChI=1S/C23H30ClN5O/c1-23(2,3)20-15-21(25-9-4-10-28-11-13-30-14-12-28)29-22(27-20)19(16-26-29)17-5-7-18(24)8-6-17/h5-8,15-16,25H,4,9-14H2,1-3H3/p+1. The van der Waals surface area contributed by atoms with E-state index in [1.165, 1.54) is 0 Å². The van der Waals surface area contributed by atoms with E-state index in [2.05, 4.69) is 37.3 Å². The zero-order chi connectivity index (χ0) is 21.1. The number of anilines is 1. The van der Waals surface area contributed by atoms with Crippen molar-refractivity contribution in [3.8, 4) is 11.1 Å². The van der Waals surface area contributed by atoms with E-state index < -0.39 is 0 Å². The maximum absolute atomic E-state index is 6.07. The van der Waals surface area contributed by atoms with E-state index >= 15 is 0 Å². The molecule has 6 nitrogen and oxygen atoms in total. The van der Waals surface area contributed by atoms with Crippen molar-refractivity contribution < 1.29 is 9.64 Å². The molecule has 3 heterocycles. The largest absolute Gasteiger partial charge is 0.370 e. The number of nitrogens with one attached hydrogen (secondary N) is 2. The monoisotopic (exact) mass is 428 g/mol. The molecule has 30 heavy (non-hydrogen) atoms. The topological polar surface area (TPSA) is 55.9 Å². The third-order valence-electron chi connectivity index (χ3n) is 5.61. The lowest BCUT2D eigenvalue weighted by molar-refractivity contribution is -0.908. The lowest BCUT2D eigenvalue weighted by Crippen LogP contribution is -3.14. The van der Waals surface area contributed by atoms with Gasteiger partial charge in [0.2, 0.25) is 0 Å². The molecule has 160 valence electrons. The van der Waals surface area contributed by atoms with E-state index in [4.69, 9.17) is 21.3 Å². The summed E-state index contributed by atoms with van der Waals surface area (Å²) in [5.41, 5.74) is 3.93. The van der Waals surface area contributed by atoms with E-state index in [0.717, 1.165) is 79.1 Å². The van der Waals surface area contributed by atoms with Crippen LogP contribution in [-0.4, -0.2) is 54.0 Å². The van der Waals surface area contributed by atoms with Crippen molar-refractivity contribution in [2.45, 2.75) is 32.6 Å². The highest BCUT2D eigenvalue weighted by Crippen LogP contribution is 2.30. The molecule has 0 saturated carbocycles. The Morgan fingerprint density at radius 3 is 2.60 bits per heavy atom. The highest BCUT2D eigenvalue weighted by molar-refractivity contribution is 6.30. The number of morpholine rings is 1. The van der Waals surface area contributed by atoms with Gasteiger partial charge in [0, 0.05) is 35.0 Å². The third kappa shape index (κ3) is 4.77. The van der Waals surface area contributed by atoms with Gasteiger partial charge in [0.1, 0.15) is 18.9 Å². The summed E-state index contributed by atoms with van der Waals surface area (Å²) in [5.74, 6) is 0.988. The second-order valence-corrected chi connectivity index (χ2v) is 9.41. The molecule has 2 N–H and O–H groups in total. The number of halogens is 1. The Hall–Kier alpha value is -2.15. The molecule has 0 bridgehead atoms. The van der Waals surface area contributed by atoms with Crippen LogP contribution in [0.2, 0.25) is 5.02 Å². The lowest BCUT2D eigenvalue weighted by Gasteiger charge is -2.24. The number of hydrogen-bond donors (Lipinski definition) is 2. The number of aromatic nitrogens is 3. The van der Waals surface area contributed by atoms with Crippen LogP contribution in [0.15, 0.2) is 36.5 Å². The number of fused-ring (bicyclic) bond motifs is 1. The first-order chi connectivity index (χ1) is 14.4. The highest BCUT2D eigenvalue weighted by Gasteiger charge is 2.21. The molecule has 4 rings (SSSR count). The van der Waals surface area contributed by atoms with E-state index in [0.29, 0.717) is 0 Å². The second-order valence-electron chi connectivity index (χ2n) is 8.97. The summed E-state index contributed by atoms with van der Waals surface area (Å²) in [7, 11) is 0. The highest BCUT2D eigenvalue weighted by atomic mass is 35.5. The second kappa shape index (κ2) is 8.92. The first-order valence-electron chi connectivity index (χ1n) is 10.7. The van der Waals surface area contributed by atoms with Gasteiger partial charge in [0.05, 0.1) is 31.6 Å². The molecule has 1 aliphatic rings. The van der Waals surface area contributed by atoms with Gasteiger partial charge in [-0.2, -0.15) is 9.61 Å². The summed E-state index contributed by atoms with van der Waals surface area (Å²) in [4.78, 5) is 6.60. The zero-order valence-electron chi connectivity index (χ0n) is 18.0. The zero-order valence-corrected chi connectivity index (χ0v) is 18.8. The van der Waals surface area contributed by atoms with Crippen molar-refractivity contribution in [2.75, 3.05) is 44.7 Å². The fraction of sp³-hybridized carbons (Fsp3) is 0.478. The molecule has 7 heteroatoms. The molecular formula is C23H31ClN5O+. The predicted octanol–water partition coefficient (Wildman–Crippen LogP) is 3.06. The fourth-order valence-corrected chi connectivity index (χ4v) is 3.90. The molecule has 1 saturated heterocycles. The van der Waals surface area contributed by atoms with Crippen molar-refractivity contribution >= 4 is 23.1 Å². The Morgan fingerprint density at radius 2 is 1.90 bits per heavy atom. The number of benzene rings is 1. The van der Waals surface area contributed by atoms with Crippen LogP contribution in [0.1, 0.15) is 32.9 Å². The Bertz CT molecular complexity index is 987. The molecule has 0 atom stereocenters. The van der Waals surface area contributed by atoms with Crippen molar-refractivity contribution in [3.05, 3.63) is 47.2 Å². The smallest absolute Gasteiger partial charge is 0.165 e. The van der Waals surface area contributed by atoms with E-state index in [1.54, 1.807) is 4.90 Å². The van der Waals surface area contributed by atoms with Crippen LogP contribution >= 0.6 is 11.6 Å². The molecule has 2 aromatic heterocycles. The Morgan fingerprint density at radius 1 is 1.17 bits per heavy atom. The van der Waals surface area contributed by atoms with Crippen molar-refractivity contribution in [1.29, 1.82) is 0 Å². The van der Waals surface area contributed by atoms with Crippen LogP contribution in [0.3, 0.4) is 0 Å². The molecular weight excluding hydrogens is 398 g/mol. The van der Waals surface area contributed by atoms with Gasteiger partial charge in [-0.15, -0.1) is 0 Å². The van der Waals surface area contributed by atoms with Crippen LogP contribution in [0.5, 0.6) is 0 Å². The molecule has 0 amide bonds. The number of rotatable bonds is 6. The minimum absolute atomic E-state index is 0.0579. The van der Waals surface area contributed by atoms with E-state index in [1.807, 2.05) is 35.0 Å². The van der Waals surface area contributed by atoms with Crippen LogP contribution in [-0.2, 0) is 10.2 Å². The number of quaternary nitrogens is 1. The average molecular weight is 429 g/mol. The summed E-state index contributed by atoms with van der Waals surface area (Å²) < 4.78 is 7.37. The van der Waals surface area contributed by atoms with Crippen molar-refractivity contribution in [2.24, 2.45) is 0 Å². The Balaban J connectivity index is 1.59. The van der Waals surface area contributed by atoms with Crippen LogP contribution in [0.4, 0.5) is 5.82 Å². The first kappa shape index (κ1) is 21.1. The SMILES string of the molecule is CC(C)(C)c1cc(NCCC[NH+]2CCOCC2)n2ncc(-c3ccc(Cl)cc3)c2n1. The van der Waals surface area contributed by atoms with E-state index in [9.17, 15) is 0 Å². The Kier molecular flexibility index (Phi) is 6.27. The minimum atomic E-state index is -0.0579. The van der Waals surface area contributed by atoms with Gasteiger partial charge in [0.15, 0.2) is 5.65 Å². The molecule has 0 aliphatic carbocycles. The summed E-state index contributed by atoms with van der Waals surface area (Å²) in [6.07, 6.45) is 3.00. The van der Waals surface area contributed by atoms with Gasteiger partial charge in [0.25, 0.3) is 0 Å². The molecule has 1 fully saturated rings. The number of nitrogens with zero attached hydrogens (tertiary/aromatic N) is 3. The van der Waals surface area contributed by atoms with Gasteiger partial charge >= 0.3 is 0 Å². The van der Waals surface area contributed by atoms with Gasteiger partial charge in [-0.1, -0.05) is 44.5 Å². The average Bonchev–Trinajstić information content (AvgIpc) is 3.16. The first-order valence-corrected chi connectivity index (χ1v) is 11.1. The van der Waals surface area contributed by atoms with E-state index in [-0.39, 0.29) is 5.41 Å². The molecule has 0 radical (unpaired) electrons. The molecule has 0 unspecified atom stereocenters. The van der Waals surface area contributed by atoms with Gasteiger partial charge in [-0.3, -0.25) is 0 Å². The maximum atomic E-state index is 6.07. The molecule has 3 aromatic rings. The van der Waals surface area contributed by atoms with Crippen molar-refractivity contribution in [1.82, 2.24) is 14.6 Å². The fourth-order valence-electron chi connectivity index (χ4n) is 3.77. The molecule has 1 aromatic carbocycles. The summed E-state index contributed by atoms with van der Waals surface area (Å²) in [6, 6.07) is 9.97. The lowest BCUT2D eigenvalue weighted by atomic mass is 9.92. The minimum Gasteiger partial charge on any atom is -0.370 e. The van der Waals surface area contributed by atoms with Crippen molar-refractivity contribution in [3.63, 3.8) is 0 Å². The normalized spacial score (nSPS) is 15.6. The van der Waals surface area contributed by atoms with Crippen LogP contribution in [0.25, 0.3) is 16.8 Å². The number of ether oxygens (including phenoxy) is 1. The quantitative estimate of drug-likeness (QED) is 0.592. The maximum Gasteiger partial charge on any atom is 0.165 e. The predicted molar refractivity (Wildman–Crippen MR) is 122 cm³/mol. The van der Waals surface area contributed by atoms with Crippen LogP contribution in [0, 0.1) is 0 Å². The van der Waals surface area contributed by atoms with Gasteiger partial charge in [-0.25, -0.2) is 4.98 Å². The third-order valence-corrected chi connectivity index (χ3v) is 5.86. The summed E-state index contributed by atoms with van der Waals surface area (Å²) in [5, 5.41) is 8.98. The van der Waals surface area contributed by atoms with Crippen LogP contribution < -0.4 is 10.2 Å². The summed E-state index contributed by atoms with van der Waals surface area (Å²) >= 11 is 6.07. The van der Waals surface area contributed by atoms with Gasteiger partial charge in [-0.05, 0) is 17.7 Å². The van der Waals surface area contributed by atoms with Gasteiger partial charge < -0.3 is 15.0 Å². The summed E-state index contributed by atoms with van der Waals surface area (Å²) in [6.45, 7) is 12.6.